The average Bonchev–Trinajstić information content (AvgIpc) is 2.90. The maximum absolute atomic E-state index is 5.89. The van der Waals surface area contributed by atoms with Crippen LogP contribution in [0.25, 0.3) is 0 Å². The first-order chi connectivity index (χ1) is 11.1. The van der Waals surface area contributed by atoms with Crippen molar-refractivity contribution in [1.82, 2.24) is 20.1 Å². The van der Waals surface area contributed by atoms with Gasteiger partial charge in [0.15, 0.2) is 5.16 Å². The van der Waals surface area contributed by atoms with E-state index in [0.29, 0.717) is 5.92 Å². The maximum Gasteiger partial charge on any atom is 0.190 e. The van der Waals surface area contributed by atoms with Gasteiger partial charge in [-0.3, -0.25) is 0 Å². The molecule has 0 atom stereocenters. The Hall–Kier alpha value is -1.04. The molecule has 0 fully saturated rings. The lowest BCUT2D eigenvalue weighted by Gasteiger charge is -2.11. The van der Waals surface area contributed by atoms with Crippen molar-refractivity contribution in [3.63, 3.8) is 0 Å². The molecule has 0 spiro atoms. The third kappa shape index (κ3) is 5.83. The Morgan fingerprint density at radius 3 is 2.61 bits per heavy atom. The van der Waals surface area contributed by atoms with Crippen molar-refractivity contribution in [2.45, 2.75) is 44.9 Å². The molecule has 1 aromatic carbocycles. The smallest absolute Gasteiger partial charge is 0.190 e. The fourth-order valence-corrected chi connectivity index (χ4v) is 3.06. The van der Waals surface area contributed by atoms with Crippen LogP contribution in [0.1, 0.15) is 31.7 Å². The summed E-state index contributed by atoms with van der Waals surface area (Å²) in [5, 5.41) is 13.9. The van der Waals surface area contributed by atoms with Crippen molar-refractivity contribution in [2.24, 2.45) is 5.92 Å². The van der Waals surface area contributed by atoms with Gasteiger partial charge in [0.25, 0.3) is 0 Å². The quantitative estimate of drug-likeness (QED) is 0.546. The molecule has 0 bridgehead atoms. The Morgan fingerprint density at radius 2 is 1.96 bits per heavy atom. The molecule has 0 saturated heterocycles. The number of benzene rings is 1. The van der Waals surface area contributed by atoms with Crippen molar-refractivity contribution in [2.75, 3.05) is 12.8 Å². The number of nitrogens with one attached hydrogen (secondary N) is 1. The van der Waals surface area contributed by atoms with Gasteiger partial charge in [-0.1, -0.05) is 49.3 Å². The molecular formula is C17H25ClN4S. The minimum atomic E-state index is 0.596. The Labute approximate surface area is 148 Å². The molecule has 126 valence electrons. The molecule has 1 N–H and O–H groups in total. The van der Waals surface area contributed by atoms with E-state index < -0.39 is 0 Å². The fraction of sp³-hybridized carbons (Fsp3) is 0.529. The van der Waals surface area contributed by atoms with Crippen LogP contribution in [0.4, 0.5) is 0 Å². The zero-order chi connectivity index (χ0) is 16.7. The first kappa shape index (κ1) is 18.3. The molecule has 0 radical (unpaired) electrons. The van der Waals surface area contributed by atoms with Crippen LogP contribution >= 0.6 is 23.4 Å². The maximum atomic E-state index is 5.89. The summed E-state index contributed by atoms with van der Waals surface area (Å²) in [7, 11) is 0. The Morgan fingerprint density at radius 1 is 1.22 bits per heavy atom. The number of rotatable bonds is 9. The monoisotopic (exact) mass is 352 g/mol. The van der Waals surface area contributed by atoms with Crippen LogP contribution in [-0.2, 0) is 19.5 Å². The minimum Gasteiger partial charge on any atom is -0.313 e. The second kappa shape index (κ2) is 9.30. The number of hydrogen-bond donors (Lipinski definition) is 1. The molecule has 0 amide bonds. The number of hydrogen-bond acceptors (Lipinski definition) is 4. The van der Waals surface area contributed by atoms with Crippen LogP contribution in [0.2, 0.25) is 5.02 Å². The lowest BCUT2D eigenvalue weighted by atomic mass is 10.2. The van der Waals surface area contributed by atoms with Crippen LogP contribution in [0.3, 0.4) is 0 Å². The summed E-state index contributed by atoms with van der Waals surface area (Å²) in [6.07, 6.45) is 4.06. The van der Waals surface area contributed by atoms with Gasteiger partial charge in [0, 0.05) is 24.5 Å². The summed E-state index contributed by atoms with van der Waals surface area (Å²) >= 11 is 7.55. The van der Waals surface area contributed by atoms with Gasteiger partial charge in [-0.15, -0.1) is 10.2 Å². The SMILES string of the molecule is CSc1nnc(CCCNCc2ccc(Cl)cc2)n1CC(C)C. The largest absolute Gasteiger partial charge is 0.313 e. The minimum absolute atomic E-state index is 0.596. The van der Waals surface area contributed by atoms with E-state index in [1.165, 1.54) is 5.56 Å². The zero-order valence-corrected chi connectivity index (χ0v) is 15.6. The molecule has 0 aliphatic rings. The van der Waals surface area contributed by atoms with E-state index in [1.807, 2.05) is 12.1 Å². The Bertz CT molecular complexity index is 595. The average molecular weight is 353 g/mol. The number of nitrogens with zero attached hydrogens (tertiary/aromatic N) is 3. The predicted molar refractivity (Wildman–Crippen MR) is 98.1 cm³/mol. The van der Waals surface area contributed by atoms with Crippen LogP contribution in [0.15, 0.2) is 29.4 Å². The van der Waals surface area contributed by atoms with Crippen molar-refractivity contribution >= 4 is 23.4 Å². The number of aromatic nitrogens is 3. The van der Waals surface area contributed by atoms with E-state index in [9.17, 15) is 0 Å². The van der Waals surface area contributed by atoms with Crippen LogP contribution in [0.5, 0.6) is 0 Å². The molecule has 23 heavy (non-hydrogen) atoms. The molecule has 0 unspecified atom stereocenters. The molecule has 4 nitrogen and oxygen atoms in total. The van der Waals surface area contributed by atoms with Gasteiger partial charge in [-0.05, 0) is 42.8 Å². The molecule has 1 aromatic heterocycles. The lowest BCUT2D eigenvalue weighted by Crippen LogP contribution is -2.16. The van der Waals surface area contributed by atoms with Crippen molar-refractivity contribution in [3.8, 4) is 0 Å². The topological polar surface area (TPSA) is 42.7 Å². The van der Waals surface area contributed by atoms with Crippen molar-refractivity contribution in [1.29, 1.82) is 0 Å². The third-order valence-electron chi connectivity index (χ3n) is 3.52. The summed E-state index contributed by atoms with van der Waals surface area (Å²) in [5.74, 6) is 1.69. The van der Waals surface area contributed by atoms with Gasteiger partial charge in [0.05, 0.1) is 0 Å². The third-order valence-corrected chi connectivity index (χ3v) is 4.44. The fourth-order valence-electron chi connectivity index (χ4n) is 2.41. The molecule has 0 saturated carbocycles. The molecule has 1 heterocycles. The van der Waals surface area contributed by atoms with Crippen molar-refractivity contribution in [3.05, 3.63) is 40.7 Å². The Kier molecular flexibility index (Phi) is 7.40. The second-order valence-corrected chi connectivity index (χ2v) is 7.22. The van der Waals surface area contributed by atoms with E-state index in [1.54, 1.807) is 11.8 Å². The summed E-state index contributed by atoms with van der Waals surface area (Å²) in [5.41, 5.74) is 1.25. The highest BCUT2D eigenvalue weighted by atomic mass is 35.5. The highest BCUT2D eigenvalue weighted by Gasteiger charge is 2.12. The van der Waals surface area contributed by atoms with E-state index in [-0.39, 0.29) is 0 Å². The lowest BCUT2D eigenvalue weighted by molar-refractivity contribution is 0.475. The van der Waals surface area contributed by atoms with Gasteiger partial charge in [0.1, 0.15) is 5.82 Å². The molecule has 2 aromatic rings. The predicted octanol–water partition coefficient (Wildman–Crippen LogP) is 4.03. The van der Waals surface area contributed by atoms with Gasteiger partial charge in [-0.25, -0.2) is 0 Å². The van der Waals surface area contributed by atoms with Crippen LogP contribution in [-0.4, -0.2) is 27.6 Å². The van der Waals surface area contributed by atoms with E-state index in [4.69, 9.17) is 11.6 Å². The summed E-state index contributed by atoms with van der Waals surface area (Å²) < 4.78 is 2.26. The highest BCUT2D eigenvalue weighted by molar-refractivity contribution is 7.98. The number of halogens is 1. The van der Waals surface area contributed by atoms with Gasteiger partial charge >= 0.3 is 0 Å². The zero-order valence-electron chi connectivity index (χ0n) is 14.1. The van der Waals surface area contributed by atoms with E-state index in [2.05, 4.69) is 52.3 Å². The molecule has 0 aliphatic heterocycles. The molecule has 0 aliphatic carbocycles. The van der Waals surface area contributed by atoms with Gasteiger partial charge in [0.2, 0.25) is 0 Å². The summed E-state index contributed by atoms with van der Waals surface area (Å²) in [6.45, 7) is 7.26. The molecule has 2 rings (SSSR count). The summed E-state index contributed by atoms with van der Waals surface area (Å²) in [4.78, 5) is 0. The number of aryl methyl sites for hydroxylation is 1. The second-order valence-electron chi connectivity index (χ2n) is 6.01. The van der Waals surface area contributed by atoms with E-state index >= 15 is 0 Å². The van der Waals surface area contributed by atoms with Gasteiger partial charge < -0.3 is 9.88 Å². The van der Waals surface area contributed by atoms with Crippen molar-refractivity contribution < 1.29 is 0 Å². The first-order valence-electron chi connectivity index (χ1n) is 8.01. The highest BCUT2D eigenvalue weighted by Crippen LogP contribution is 2.16. The molecule has 6 heteroatoms. The normalized spacial score (nSPS) is 11.3. The Balaban J connectivity index is 1.77. The summed E-state index contributed by atoms with van der Waals surface area (Å²) in [6, 6.07) is 7.96. The van der Waals surface area contributed by atoms with Crippen LogP contribution in [0, 0.1) is 5.92 Å². The van der Waals surface area contributed by atoms with E-state index in [0.717, 1.165) is 48.5 Å². The number of thioether (sulfide) groups is 1. The van der Waals surface area contributed by atoms with Gasteiger partial charge in [-0.2, -0.15) is 0 Å². The first-order valence-corrected chi connectivity index (χ1v) is 9.61. The standard InChI is InChI=1S/C17H25ClN4S/c1-13(2)12-22-16(20-21-17(22)23-3)5-4-10-19-11-14-6-8-15(18)9-7-14/h6-9,13,19H,4-5,10-12H2,1-3H3. The molecular weight excluding hydrogens is 328 g/mol. The van der Waals surface area contributed by atoms with Crippen LogP contribution < -0.4 is 5.32 Å².